The van der Waals surface area contributed by atoms with Gasteiger partial charge in [0.15, 0.2) is 0 Å². The normalized spacial score (nSPS) is 22.0. The molecule has 0 aliphatic carbocycles. The van der Waals surface area contributed by atoms with Crippen LogP contribution in [0.1, 0.15) is 6.42 Å². The first-order valence-electron chi connectivity index (χ1n) is 5.19. The van der Waals surface area contributed by atoms with E-state index in [9.17, 15) is 19.8 Å². The number of aliphatic hydroxyl groups excluding tert-OH is 4. The second kappa shape index (κ2) is 5.92. The first-order chi connectivity index (χ1) is 7.95. The van der Waals surface area contributed by atoms with Crippen LogP contribution in [0.2, 0.25) is 0 Å². The Balaban J connectivity index is 2.48. The molecule has 1 rings (SSSR count). The van der Waals surface area contributed by atoms with Gasteiger partial charge in [-0.05, 0) is 0 Å². The summed E-state index contributed by atoms with van der Waals surface area (Å²) in [7, 11) is 0. The average molecular weight is 248 g/mol. The predicted octanol–water partition coefficient (Wildman–Crippen LogP) is -3.00. The van der Waals surface area contributed by atoms with E-state index < -0.39 is 36.9 Å². The third-order valence-electron chi connectivity index (χ3n) is 2.53. The smallest absolute Gasteiger partial charge is 0.324 e. The van der Waals surface area contributed by atoms with Crippen molar-refractivity contribution in [2.75, 3.05) is 19.7 Å². The molecule has 0 aromatic carbocycles. The molecule has 1 aliphatic heterocycles. The summed E-state index contributed by atoms with van der Waals surface area (Å²) in [6.45, 7) is -0.774. The maximum Gasteiger partial charge on any atom is 0.324 e. The Bertz CT molecular complexity index is 297. The van der Waals surface area contributed by atoms with Gasteiger partial charge >= 0.3 is 6.03 Å². The molecule has 0 radical (unpaired) electrons. The van der Waals surface area contributed by atoms with Crippen molar-refractivity contribution in [1.29, 1.82) is 0 Å². The van der Waals surface area contributed by atoms with Crippen molar-refractivity contribution in [2.24, 2.45) is 0 Å². The minimum Gasteiger partial charge on any atom is -0.394 e. The summed E-state index contributed by atoms with van der Waals surface area (Å²) in [4.78, 5) is 23.3. The van der Waals surface area contributed by atoms with Crippen LogP contribution in [0.5, 0.6) is 0 Å². The lowest BCUT2D eigenvalue weighted by molar-refractivity contribution is -0.122. The van der Waals surface area contributed by atoms with Crippen LogP contribution in [0, 0.1) is 0 Å². The third-order valence-corrected chi connectivity index (χ3v) is 2.53. The van der Waals surface area contributed by atoms with Crippen molar-refractivity contribution < 1.29 is 30.0 Å². The molecular weight excluding hydrogens is 232 g/mol. The highest BCUT2D eigenvalue weighted by molar-refractivity contribution is 5.96. The molecule has 0 spiro atoms. The second-order valence-corrected chi connectivity index (χ2v) is 3.86. The molecule has 1 aliphatic rings. The number of aliphatic hydroxyl groups is 4. The molecule has 17 heavy (non-hydrogen) atoms. The van der Waals surface area contributed by atoms with Gasteiger partial charge in [0.25, 0.3) is 0 Å². The predicted molar refractivity (Wildman–Crippen MR) is 54.8 cm³/mol. The molecule has 0 aromatic heterocycles. The number of carbonyl (C=O) groups excluding carboxylic acids is 2. The van der Waals surface area contributed by atoms with Crippen LogP contribution in [0.4, 0.5) is 4.79 Å². The van der Waals surface area contributed by atoms with Crippen LogP contribution in [0.15, 0.2) is 0 Å². The van der Waals surface area contributed by atoms with Crippen LogP contribution in [0.25, 0.3) is 0 Å². The Morgan fingerprint density at radius 1 is 1.24 bits per heavy atom. The molecule has 8 nitrogen and oxygen atoms in total. The van der Waals surface area contributed by atoms with Crippen LogP contribution >= 0.6 is 0 Å². The van der Waals surface area contributed by atoms with Crippen molar-refractivity contribution in [3.05, 3.63) is 0 Å². The number of hydrogen-bond donors (Lipinski definition) is 5. The number of nitrogens with one attached hydrogen (secondary N) is 1. The first kappa shape index (κ1) is 13.8. The van der Waals surface area contributed by atoms with Gasteiger partial charge in [0.1, 0.15) is 18.3 Å². The van der Waals surface area contributed by atoms with Crippen molar-refractivity contribution in [1.82, 2.24) is 10.2 Å². The SMILES string of the molecule is O=C1CCN(C[C@H](O)[C@@H](O)[C@H](O)CO)C(=O)N1. The standard InChI is InChI=1S/C9H16N2O6/c12-4-6(14)8(16)5(13)3-11-2-1-7(15)10-9(11)17/h5-6,8,12-14,16H,1-4H2,(H,10,15,17)/t5-,6+,8+/m0/s1. The molecule has 5 N–H and O–H groups in total. The summed E-state index contributed by atoms with van der Waals surface area (Å²) in [6.07, 6.45) is -4.29. The zero-order valence-corrected chi connectivity index (χ0v) is 9.11. The zero-order chi connectivity index (χ0) is 13.0. The van der Waals surface area contributed by atoms with E-state index in [2.05, 4.69) is 5.32 Å². The Labute approximate surface area is 97.5 Å². The molecule has 1 heterocycles. The molecule has 98 valence electrons. The molecule has 3 atom stereocenters. The Morgan fingerprint density at radius 3 is 2.41 bits per heavy atom. The van der Waals surface area contributed by atoms with Crippen LogP contribution in [-0.4, -0.2) is 75.3 Å². The van der Waals surface area contributed by atoms with Crippen molar-refractivity contribution in [3.8, 4) is 0 Å². The third kappa shape index (κ3) is 3.63. The number of imide groups is 1. The van der Waals surface area contributed by atoms with Gasteiger partial charge in [-0.25, -0.2) is 4.79 Å². The van der Waals surface area contributed by atoms with E-state index in [-0.39, 0.29) is 19.5 Å². The maximum absolute atomic E-state index is 11.3. The summed E-state index contributed by atoms with van der Waals surface area (Å²) in [5.74, 6) is -0.392. The summed E-state index contributed by atoms with van der Waals surface area (Å²) in [5.41, 5.74) is 0. The minimum atomic E-state index is -1.55. The average Bonchev–Trinajstić information content (AvgIpc) is 2.30. The number of hydrogen-bond acceptors (Lipinski definition) is 6. The lowest BCUT2D eigenvalue weighted by atomic mass is 10.1. The molecule has 1 fully saturated rings. The number of urea groups is 1. The van der Waals surface area contributed by atoms with Gasteiger partial charge in [-0.3, -0.25) is 10.1 Å². The Hall–Kier alpha value is -1.22. The van der Waals surface area contributed by atoms with Gasteiger partial charge in [-0.1, -0.05) is 0 Å². The zero-order valence-electron chi connectivity index (χ0n) is 9.11. The van der Waals surface area contributed by atoms with Crippen molar-refractivity contribution in [3.63, 3.8) is 0 Å². The highest BCUT2D eigenvalue weighted by Gasteiger charge is 2.30. The highest BCUT2D eigenvalue weighted by Crippen LogP contribution is 2.06. The number of rotatable bonds is 5. The molecule has 0 aromatic rings. The van der Waals surface area contributed by atoms with Gasteiger partial charge in [0, 0.05) is 13.0 Å². The van der Waals surface area contributed by atoms with E-state index in [0.717, 1.165) is 4.90 Å². The van der Waals surface area contributed by atoms with E-state index in [1.807, 2.05) is 0 Å². The van der Waals surface area contributed by atoms with E-state index in [1.54, 1.807) is 0 Å². The molecule has 0 saturated carbocycles. The minimum absolute atomic E-state index is 0.122. The van der Waals surface area contributed by atoms with E-state index in [4.69, 9.17) is 10.2 Å². The van der Waals surface area contributed by atoms with Gasteiger partial charge in [-0.15, -0.1) is 0 Å². The van der Waals surface area contributed by atoms with Gasteiger partial charge < -0.3 is 25.3 Å². The number of amides is 3. The summed E-state index contributed by atoms with van der Waals surface area (Å²) in [6, 6.07) is -0.647. The maximum atomic E-state index is 11.3. The number of carbonyl (C=O) groups is 2. The molecule has 1 saturated heterocycles. The van der Waals surface area contributed by atoms with Crippen molar-refractivity contribution in [2.45, 2.75) is 24.7 Å². The fourth-order valence-corrected chi connectivity index (χ4v) is 1.47. The van der Waals surface area contributed by atoms with Gasteiger partial charge in [0.2, 0.25) is 5.91 Å². The quantitative estimate of drug-likeness (QED) is 0.352. The molecule has 3 amide bonds. The van der Waals surface area contributed by atoms with Gasteiger partial charge in [-0.2, -0.15) is 0 Å². The summed E-state index contributed by atoms with van der Waals surface area (Å²) >= 11 is 0. The van der Waals surface area contributed by atoms with E-state index >= 15 is 0 Å². The number of β-amino-alcohol motifs (C(OH)–C–C–N with tert-alkyl or cyclic N) is 1. The fourth-order valence-electron chi connectivity index (χ4n) is 1.47. The Kier molecular flexibility index (Phi) is 4.82. The topological polar surface area (TPSA) is 130 Å². The summed E-state index contributed by atoms with van der Waals surface area (Å²) < 4.78 is 0. The van der Waals surface area contributed by atoms with Crippen LogP contribution in [0.3, 0.4) is 0 Å². The van der Waals surface area contributed by atoms with E-state index in [0.29, 0.717) is 0 Å². The van der Waals surface area contributed by atoms with Gasteiger partial charge in [0.05, 0.1) is 13.2 Å². The Morgan fingerprint density at radius 2 is 1.88 bits per heavy atom. The molecular formula is C9H16N2O6. The van der Waals surface area contributed by atoms with E-state index in [1.165, 1.54) is 0 Å². The monoisotopic (exact) mass is 248 g/mol. The number of nitrogens with zero attached hydrogens (tertiary/aromatic N) is 1. The fraction of sp³-hybridized carbons (Fsp3) is 0.778. The van der Waals surface area contributed by atoms with Crippen LogP contribution in [-0.2, 0) is 4.79 Å². The molecule has 8 heteroatoms. The molecule has 0 bridgehead atoms. The first-order valence-corrected chi connectivity index (χ1v) is 5.19. The lowest BCUT2D eigenvalue weighted by Gasteiger charge is -2.30. The largest absolute Gasteiger partial charge is 0.394 e. The highest BCUT2D eigenvalue weighted by atomic mass is 16.4. The summed E-state index contributed by atoms with van der Waals surface area (Å²) in [5, 5.41) is 38.6. The van der Waals surface area contributed by atoms with Crippen molar-refractivity contribution >= 4 is 11.9 Å². The second-order valence-electron chi connectivity index (χ2n) is 3.86. The van der Waals surface area contributed by atoms with Crippen LogP contribution < -0.4 is 5.32 Å². The lowest BCUT2D eigenvalue weighted by Crippen LogP contribution is -2.54. The molecule has 0 unspecified atom stereocenters.